The van der Waals surface area contributed by atoms with Gasteiger partial charge in [0.15, 0.2) is 0 Å². The van der Waals surface area contributed by atoms with E-state index in [1.807, 2.05) is 0 Å². The lowest BCUT2D eigenvalue weighted by Gasteiger charge is -1.97. The SMILES string of the molecule is Cc1nccn1S(=O)(=O)N=[N+]=[N-]. The second-order valence-corrected chi connectivity index (χ2v) is 3.37. The van der Waals surface area contributed by atoms with Crippen molar-refractivity contribution in [2.45, 2.75) is 6.92 Å². The summed E-state index contributed by atoms with van der Waals surface area (Å²) in [5.74, 6) is 0.252. The van der Waals surface area contributed by atoms with Crippen LogP contribution in [0.15, 0.2) is 16.9 Å². The van der Waals surface area contributed by atoms with Gasteiger partial charge in [-0.1, -0.05) is 0 Å². The van der Waals surface area contributed by atoms with Crippen molar-refractivity contribution in [1.82, 2.24) is 8.96 Å². The first-order chi connectivity index (χ1) is 5.58. The molecule has 0 amide bonds. The lowest BCUT2D eigenvalue weighted by molar-refractivity contribution is 0.587. The molecule has 1 rings (SSSR count). The van der Waals surface area contributed by atoms with E-state index in [1.165, 1.54) is 19.3 Å². The first-order valence-electron chi connectivity index (χ1n) is 2.90. The van der Waals surface area contributed by atoms with Crippen LogP contribution in [-0.4, -0.2) is 17.4 Å². The van der Waals surface area contributed by atoms with Crippen molar-refractivity contribution in [3.63, 3.8) is 0 Å². The van der Waals surface area contributed by atoms with Crippen LogP contribution in [0.2, 0.25) is 0 Å². The maximum atomic E-state index is 11.0. The third-order valence-corrected chi connectivity index (χ3v) is 2.33. The average Bonchev–Trinajstić information content (AvgIpc) is 2.35. The molecule has 1 heterocycles. The Morgan fingerprint density at radius 2 is 2.42 bits per heavy atom. The van der Waals surface area contributed by atoms with Gasteiger partial charge in [0.2, 0.25) is 0 Å². The van der Waals surface area contributed by atoms with E-state index in [-0.39, 0.29) is 5.82 Å². The number of azide groups is 1. The van der Waals surface area contributed by atoms with Crippen molar-refractivity contribution in [3.05, 3.63) is 28.7 Å². The molecule has 8 heteroatoms. The Bertz CT molecular complexity index is 426. The van der Waals surface area contributed by atoms with Crippen molar-refractivity contribution in [3.8, 4) is 0 Å². The molecule has 0 fully saturated rings. The number of hydrogen-bond donors (Lipinski definition) is 0. The van der Waals surface area contributed by atoms with Gasteiger partial charge >= 0.3 is 10.2 Å². The van der Waals surface area contributed by atoms with Crippen LogP contribution >= 0.6 is 0 Å². The lowest BCUT2D eigenvalue weighted by atomic mass is 10.8. The minimum absolute atomic E-state index is 0.252. The number of rotatable bonds is 2. The van der Waals surface area contributed by atoms with Gasteiger partial charge in [-0.3, -0.25) is 0 Å². The number of nitrogens with zero attached hydrogens (tertiary/aromatic N) is 5. The minimum atomic E-state index is -3.94. The first-order valence-corrected chi connectivity index (χ1v) is 4.29. The van der Waals surface area contributed by atoms with Crippen molar-refractivity contribution < 1.29 is 8.42 Å². The number of hydrogen-bond acceptors (Lipinski definition) is 3. The highest BCUT2D eigenvalue weighted by Crippen LogP contribution is 2.03. The van der Waals surface area contributed by atoms with Crippen LogP contribution < -0.4 is 0 Å². The number of aryl methyl sites for hydroxylation is 1. The Morgan fingerprint density at radius 3 is 2.83 bits per heavy atom. The summed E-state index contributed by atoms with van der Waals surface area (Å²) in [4.78, 5) is 5.86. The second-order valence-electron chi connectivity index (χ2n) is 1.92. The van der Waals surface area contributed by atoms with Gasteiger partial charge in [0.1, 0.15) is 5.82 Å². The predicted octanol–water partition coefficient (Wildman–Crippen LogP) is 0.595. The van der Waals surface area contributed by atoms with Crippen molar-refractivity contribution in [2.24, 2.45) is 4.52 Å². The number of imidazole rings is 1. The molecule has 1 aromatic rings. The molecule has 0 bridgehead atoms. The van der Waals surface area contributed by atoms with E-state index in [1.54, 1.807) is 0 Å². The maximum absolute atomic E-state index is 11.0. The highest BCUT2D eigenvalue weighted by molar-refractivity contribution is 7.88. The molecule has 0 saturated carbocycles. The maximum Gasteiger partial charge on any atom is 0.329 e. The van der Waals surface area contributed by atoms with Gasteiger partial charge in [0.05, 0.1) is 4.52 Å². The van der Waals surface area contributed by atoms with E-state index in [4.69, 9.17) is 5.53 Å². The van der Waals surface area contributed by atoms with E-state index in [2.05, 4.69) is 14.4 Å². The van der Waals surface area contributed by atoms with E-state index in [9.17, 15) is 8.42 Å². The summed E-state index contributed by atoms with van der Waals surface area (Å²) in [6, 6.07) is 0. The van der Waals surface area contributed by atoms with Crippen LogP contribution in [0.4, 0.5) is 0 Å². The molecule has 0 aliphatic rings. The fourth-order valence-electron chi connectivity index (χ4n) is 0.696. The number of aromatic nitrogens is 2. The molecule has 0 N–H and O–H groups in total. The van der Waals surface area contributed by atoms with Gasteiger partial charge in [-0.15, -0.1) is 0 Å². The van der Waals surface area contributed by atoms with Crippen LogP contribution in [0.25, 0.3) is 10.4 Å². The zero-order valence-corrected chi connectivity index (χ0v) is 6.93. The molecule has 0 atom stereocenters. The Balaban J connectivity index is 3.33. The Kier molecular flexibility index (Phi) is 2.03. The van der Waals surface area contributed by atoms with E-state index >= 15 is 0 Å². The van der Waals surface area contributed by atoms with Gasteiger partial charge in [-0.25, -0.2) is 8.96 Å². The Hall–Kier alpha value is -1.53. The van der Waals surface area contributed by atoms with Crippen molar-refractivity contribution in [1.29, 1.82) is 0 Å². The van der Waals surface area contributed by atoms with E-state index in [0.29, 0.717) is 0 Å². The zero-order chi connectivity index (χ0) is 9.19. The van der Waals surface area contributed by atoms with Gasteiger partial charge in [0, 0.05) is 17.3 Å². The fraction of sp³-hybridized carbons (Fsp3) is 0.250. The largest absolute Gasteiger partial charge is 0.329 e. The molecular formula is C4H5N5O2S. The molecule has 0 saturated heterocycles. The lowest BCUT2D eigenvalue weighted by Crippen LogP contribution is -2.08. The minimum Gasteiger partial charge on any atom is -0.241 e. The average molecular weight is 187 g/mol. The Labute approximate surface area is 68.5 Å². The topological polar surface area (TPSA) is 101 Å². The summed E-state index contributed by atoms with van der Waals surface area (Å²) in [6.07, 6.45) is 2.51. The summed E-state index contributed by atoms with van der Waals surface area (Å²) in [5.41, 5.74) is 7.94. The summed E-state index contributed by atoms with van der Waals surface area (Å²) in [7, 11) is -3.94. The third kappa shape index (κ3) is 1.39. The van der Waals surface area contributed by atoms with Crippen LogP contribution in [-0.2, 0) is 10.2 Å². The quantitative estimate of drug-likeness (QED) is 0.384. The summed E-state index contributed by atoms with van der Waals surface area (Å²) in [5, 5.41) is 0. The molecule has 0 radical (unpaired) electrons. The summed E-state index contributed by atoms with van der Waals surface area (Å²) in [6.45, 7) is 1.49. The van der Waals surface area contributed by atoms with Gasteiger partial charge in [-0.05, 0) is 12.5 Å². The first kappa shape index (κ1) is 8.57. The zero-order valence-electron chi connectivity index (χ0n) is 6.12. The molecule has 0 aliphatic carbocycles. The molecular weight excluding hydrogens is 182 g/mol. The van der Waals surface area contributed by atoms with Crippen molar-refractivity contribution >= 4 is 10.2 Å². The molecule has 12 heavy (non-hydrogen) atoms. The van der Waals surface area contributed by atoms with E-state index in [0.717, 1.165) is 3.97 Å². The normalized spacial score (nSPS) is 10.8. The molecule has 0 spiro atoms. The van der Waals surface area contributed by atoms with E-state index < -0.39 is 10.2 Å². The molecule has 0 aliphatic heterocycles. The van der Waals surface area contributed by atoms with Gasteiger partial charge < -0.3 is 0 Å². The Morgan fingerprint density at radius 1 is 1.75 bits per heavy atom. The van der Waals surface area contributed by atoms with Crippen LogP contribution in [0.5, 0.6) is 0 Å². The van der Waals surface area contributed by atoms with Gasteiger partial charge in [-0.2, -0.15) is 8.42 Å². The van der Waals surface area contributed by atoms with Crippen LogP contribution in [0.1, 0.15) is 5.82 Å². The van der Waals surface area contributed by atoms with Crippen LogP contribution in [0.3, 0.4) is 0 Å². The molecule has 0 aromatic carbocycles. The standard InChI is InChI=1S/C4H5N5O2S/c1-4-6-2-3-9(4)12(10,11)8-7-5/h2-3H,1H3. The van der Waals surface area contributed by atoms with Crippen molar-refractivity contribution in [2.75, 3.05) is 0 Å². The third-order valence-electron chi connectivity index (χ3n) is 1.17. The van der Waals surface area contributed by atoms with Crippen LogP contribution in [0, 0.1) is 6.92 Å². The summed E-state index contributed by atoms with van der Waals surface area (Å²) < 4.78 is 25.5. The van der Waals surface area contributed by atoms with Gasteiger partial charge in [0.25, 0.3) is 0 Å². The molecule has 64 valence electrons. The highest BCUT2D eigenvalue weighted by Gasteiger charge is 2.11. The monoisotopic (exact) mass is 187 g/mol. The smallest absolute Gasteiger partial charge is 0.241 e. The second kappa shape index (κ2) is 2.84. The molecule has 0 unspecified atom stereocenters. The molecule has 1 aromatic heterocycles. The fourth-order valence-corrected chi connectivity index (χ4v) is 1.46. The predicted molar refractivity (Wildman–Crippen MR) is 40.4 cm³/mol. The summed E-state index contributed by atoms with van der Waals surface area (Å²) >= 11 is 0. The molecule has 7 nitrogen and oxygen atoms in total. The highest BCUT2D eigenvalue weighted by atomic mass is 32.2.